The molecule has 0 saturated heterocycles. The van der Waals surface area contributed by atoms with Crippen LogP contribution in [0.3, 0.4) is 0 Å². The first-order valence-corrected chi connectivity index (χ1v) is 8.59. The smallest absolute Gasteiger partial charge is 0.414 e. The van der Waals surface area contributed by atoms with Gasteiger partial charge in [0.25, 0.3) is 5.79 Å². The van der Waals surface area contributed by atoms with E-state index in [-0.39, 0.29) is 13.0 Å². The highest BCUT2D eigenvalue weighted by atomic mass is 35.5. The zero-order valence-corrected chi connectivity index (χ0v) is 14.6. The minimum absolute atomic E-state index is 0.0769. The van der Waals surface area contributed by atoms with Crippen LogP contribution >= 0.6 is 11.6 Å². The minimum atomic E-state index is -1.29. The van der Waals surface area contributed by atoms with E-state index in [9.17, 15) is 14.7 Å². The Labute approximate surface area is 146 Å². The largest absolute Gasteiger partial charge is 0.465 e. The van der Waals surface area contributed by atoms with E-state index < -0.39 is 17.8 Å². The van der Waals surface area contributed by atoms with Crippen molar-refractivity contribution < 1.29 is 24.2 Å². The fraction of sp³-hybridized carbons (Fsp3) is 0.529. The van der Waals surface area contributed by atoms with Crippen molar-refractivity contribution in [3.05, 3.63) is 23.8 Å². The lowest BCUT2D eigenvalue weighted by Gasteiger charge is -2.25. The van der Waals surface area contributed by atoms with Gasteiger partial charge in [-0.15, -0.1) is 11.6 Å². The molecule has 1 aromatic rings. The van der Waals surface area contributed by atoms with Crippen LogP contribution in [0.5, 0.6) is 11.5 Å². The molecule has 7 heteroatoms. The number of fused-ring (bicyclic) bond motifs is 1. The third-order valence-electron chi connectivity index (χ3n) is 4.11. The van der Waals surface area contributed by atoms with Gasteiger partial charge in [-0.3, -0.25) is 4.79 Å². The van der Waals surface area contributed by atoms with Crippen LogP contribution in [0.25, 0.3) is 0 Å². The summed E-state index contributed by atoms with van der Waals surface area (Å²) in [6.45, 7) is 3.86. The average Bonchev–Trinajstić information content (AvgIpc) is 2.97. The first-order valence-electron chi connectivity index (χ1n) is 8.05. The van der Waals surface area contributed by atoms with Crippen molar-refractivity contribution in [1.82, 2.24) is 4.90 Å². The molecule has 0 radical (unpaired) electrons. The number of benzene rings is 1. The fourth-order valence-corrected chi connectivity index (χ4v) is 2.75. The van der Waals surface area contributed by atoms with E-state index in [2.05, 4.69) is 0 Å². The van der Waals surface area contributed by atoms with Crippen LogP contribution in [0.15, 0.2) is 18.2 Å². The van der Waals surface area contributed by atoms with Crippen molar-refractivity contribution in [2.24, 2.45) is 0 Å². The Morgan fingerprint density at radius 3 is 2.54 bits per heavy atom. The molecule has 0 bridgehead atoms. The highest BCUT2D eigenvalue weighted by Gasteiger charge is 2.39. The maximum Gasteiger partial charge on any atom is 0.414 e. The van der Waals surface area contributed by atoms with Gasteiger partial charge in [-0.1, -0.05) is 26.0 Å². The number of hydrogen-bond acceptors (Lipinski definition) is 4. The molecule has 0 aliphatic carbocycles. The summed E-state index contributed by atoms with van der Waals surface area (Å²) in [7, 11) is 0. The van der Waals surface area contributed by atoms with E-state index >= 15 is 0 Å². The molecule has 0 atom stereocenters. The number of ether oxygens (including phenoxy) is 2. The number of hydrogen-bond donors (Lipinski definition) is 1. The number of para-hydroxylation sites is 1. The molecule has 2 rings (SSSR count). The number of carbonyl (C=O) groups excluding carboxylic acids is 1. The number of amides is 2. The number of rotatable bonds is 7. The van der Waals surface area contributed by atoms with E-state index in [0.29, 0.717) is 42.2 Å². The number of halogens is 1. The molecule has 0 unspecified atom stereocenters. The maximum absolute atomic E-state index is 12.1. The van der Waals surface area contributed by atoms with Gasteiger partial charge in [0.15, 0.2) is 11.5 Å². The normalized spacial score (nSPS) is 14.5. The molecule has 2 amide bonds. The van der Waals surface area contributed by atoms with Crippen LogP contribution in [-0.4, -0.2) is 33.7 Å². The fourth-order valence-electron chi connectivity index (χ4n) is 2.61. The quantitative estimate of drug-likeness (QED) is 0.748. The van der Waals surface area contributed by atoms with Crippen LogP contribution in [0.1, 0.15) is 45.1 Å². The van der Waals surface area contributed by atoms with E-state index in [4.69, 9.17) is 21.1 Å². The zero-order valence-electron chi connectivity index (χ0n) is 13.9. The van der Waals surface area contributed by atoms with Crippen molar-refractivity contribution in [2.45, 2.75) is 51.9 Å². The second-order valence-corrected chi connectivity index (χ2v) is 6.00. The lowest BCUT2D eigenvalue weighted by molar-refractivity contribution is -0.129. The summed E-state index contributed by atoms with van der Waals surface area (Å²) in [5, 5.41) is 9.35. The van der Waals surface area contributed by atoms with Crippen LogP contribution in [0, 0.1) is 0 Å². The Kier molecular flexibility index (Phi) is 5.94. The van der Waals surface area contributed by atoms with Gasteiger partial charge in [0, 0.05) is 30.7 Å². The van der Waals surface area contributed by atoms with Gasteiger partial charge >= 0.3 is 6.09 Å². The first kappa shape index (κ1) is 18.4. The average molecular weight is 356 g/mol. The van der Waals surface area contributed by atoms with Gasteiger partial charge in [-0.25, -0.2) is 9.69 Å². The number of carbonyl (C=O) groups is 2. The van der Waals surface area contributed by atoms with E-state index in [1.807, 2.05) is 13.8 Å². The third kappa shape index (κ3) is 3.75. The number of nitrogens with zero attached hydrogens (tertiary/aromatic N) is 1. The third-order valence-corrected chi connectivity index (χ3v) is 4.37. The van der Waals surface area contributed by atoms with E-state index in [1.165, 1.54) is 0 Å². The Balaban J connectivity index is 2.23. The number of alkyl halides is 1. The summed E-state index contributed by atoms with van der Waals surface area (Å²) in [5.74, 6) is 0.200. The Hall–Kier alpha value is -1.95. The lowest BCUT2D eigenvalue weighted by atomic mass is 10.1. The van der Waals surface area contributed by atoms with Gasteiger partial charge < -0.3 is 14.6 Å². The molecule has 1 heterocycles. The summed E-state index contributed by atoms with van der Waals surface area (Å²) in [6, 6.07) is 5.29. The molecule has 6 nitrogen and oxygen atoms in total. The summed E-state index contributed by atoms with van der Waals surface area (Å²) in [6.07, 6.45) is 0.564. The molecule has 0 aromatic heterocycles. The minimum Gasteiger partial charge on any atom is -0.465 e. The molecular weight excluding hydrogens is 334 g/mol. The van der Waals surface area contributed by atoms with Crippen molar-refractivity contribution >= 4 is 23.6 Å². The Morgan fingerprint density at radius 1 is 1.25 bits per heavy atom. The van der Waals surface area contributed by atoms with Crippen molar-refractivity contribution in [3.8, 4) is 11.5 Å². The summed E-state index contributed by atoms with van der Waals surface area (Å²) >= 11 is 5.58. The number of imide groups is 1. The second-order valence-electron chi connectivity index (χ2n) is 5.62. The summed E-state index contributed by atoms with van der Waals surface area (Å²) < 4.78 is 11.9. The molecule has 1 aliphatic rings. The molecule has 0 spiro atoms. The molecule has 1 aliphatic heterocycles. The van der Waals surface area contributed by atoms with Gasteiger partial charge in [0.1, 0.15) is 0 Å². The maximum atomic E-state index is 12.1. The van der Waals surface area contributed by atoms with Gasteiger partial charge in [0.2, 0.25) is 5.91 Å². The summed E-state index contributed by atoms with van der Waals surface area (Å²) in [5.41, 5.74) is 0.609. The topological polar surface area (TPSA) is 76.1 Å². The van der Waals surface area contributed by atoms with Crippen LogP contribution in [0.2, 0.25) is 0 Å². The van der Waals surface area contributed by atoms with Gasteiger partial charge in [0.05, 0.1) is 6.54 Å². The van der Waals surface area contributed by atoms with Crippen molar-refractivity contribution in [2.75, 3.05) is 5.88 Å². The van der Waals surface area contributed by atoms with Crippen LogP contribution in [0.4, 0.5) is 4.79 Å². The number of carboxylic acid groups (broad SMARTS) is 1. The van der Waals surface area contributed by atoms with Crippen LogP contribution in [-0.2, 0) is 11.3 Å². The lowest BCUT2D eigenvalue weighted by Crippen LogP contribution is -2.37. The molecule has 24 heavy (non-hydrogen) atoms. The van der Waals surface area contributed by atoms with Crippen molar-refractivity contribution in [1.29, 1.82) is 0 Å². The molecule has 1 N–H and O–H groups in total. The zero-order chi connectivity index (χ0) is 17.7. The highest BCUT2D eigenvalue weighted by Crippen LogP contribution is 2.44. The molecule has 132 valence electrons. The Morgan fingerprint density at radius 2 is 1.96 bits per heavy atom. The molecule has 0 fully saturated rings. The molecular formula is C17H22ClNO5. The van der Waals surface area contributed by atoms with Gasteiger partial charge in [-0.2, -0.15) is 0 Å². The molecule has 0 saturated carbocycles. The Bertz CT molecular complexity index is 615. The van der Waals surface area contributed by atoms with Crippen molar-refractivity contribution in [3.63, 3.8) is 0 Å². The van der Waals surface area contributed by atoms with E-state index in [1.54, 1.807) is 18.2 Å². The summed E-state index contributed by atoms with van der Waals surface area (Å²) in [4.78, 5) is 24.3. The predicted octanol–water partition coefficient (Wildman–Crippen LogP) is 4.00. The highest BCUT2D eigenvalue weighted by molar-refractivity contribution is 6.17. The standard InChI is InChI=1S/C17H22ClNO5/c1-3-17(4-2)23-13-8-5-7-12(15(13)24-17)11-19(16(21)22)14(20)9-6-10-18/h5,7-8H,3-4,6,9-11H2,1-2H3,(H,21,22). The SMILES string of the molecule is CCC1(CC)Oc2cccc(CN(C(=O)O)C(=O)CCCCl)c2O1. The monoisotopic (exact) mass is 355 g/mol. The van der Waals surface area contributed by atoms with Crippen LogP contribution < -0.4 is 9.47 Å². The first-order chi connectivity index (χ1) is 11.5. The molecule has 1 aromatic carbocycles. The van der Waals surface area contributed by atoms with E-state index in [0.717, 1.165) is 4.90 Å². The van der Waals surface area contributed by atoms with Gasteiger partial charge in [-0.05, 0) is 12.5 Å². The predicted molar refractivity (Wildman–Crippen MR) is 89.5 cm³/mol. The second kappa shape index (κ2) is 7.75.